The third kappa shape index (κ3) is 10.4. The maximum atomic E-state index is 12.2. The highest BCUT2D eigenvalue weighted by Crippen LogP contribution is 2.50. The smallest absolute Gasteiger partial charge is 0.389 e. The lowest BCUT2D eigenvalue weighted by molar-refractivity contribution is -0.0253. The van der Waals surface area contributed by atoms with Crippen LogP contribution in [0.25, 0.3) is 0 Å². The zero-order valence-corrected chi connectivity index (χ0v) is 17.0. The molecular formula is C12H29FN2O9P2. The molecule has 2 unspecified atom stereocenters. The van der Waals surface area contributed by atoms with Gasteiger partial charge in [-0.3, -0.25) is 13.6 Å². The Bertz CT molecular complexity index is 507. The highest BCUT2D eigenvalue weighted by atomic mass is 31.2. The summed E-state index contributed by atoms with van der Waals surface area (Å²) >= 11 is 0. The molecule has 0 radical (unpaired) electrons. The molecule has 0 fully saturated rings. The number of hydrogen-bond donors (Lipinski definition) is 6. The maximum absolute atomic E-state index is 12.2. The van der Waals surface area contributed by atoms with Crippen LogP contribution in [0.4, 0.5) is 4.48 Å². The van der Waals surface area contributed by atoms with Gasteiger partial charge in [-0.05, 0) is 26.7 Å². The van der Waals surface area contributed by atoms with Crippen molar-refractivity contribution in [3.05, 3.63) is 0 Å². The van der Waals surface area contributed by atoms with E-state index in [1.54, 1.807) is 13.8 Å². The second kappa shape index (κ2) is 10.5. The molecule has 0 bridgehead atoms. The maximum Gasteiger partial charge on any atom is 0.472 e. The van der Waals surface area contributed by atoms with Gasteiger partial charge in [-0.2, -0.15) is 0 Å². The first-order valence-electron chi connectivity index (χ1n) is 7.92. The first-order valence-corrected chi connectivity index (χ1v) is 10.9. The van der Waals surface area contributed by atoms with Gasteiger partial charge in [0.15, 0.2) is 0 Å². The third-order valence-corrected chi connectivity index (χ3v) is 5.51. The fourth-order valence-corrected chi connectivity index (χ4v) is 3.61. The SMILES string of the molecule is CCC(CC)(CCOP(=O)(O)O)OP(=O)(O)OCC(NNF)C(C)(C)O. The van der Waals surface area contributed by atoms with E-state index < -0.39 is 46.1 Å². The molecule has 0 aliphatic carbocycles. The largest absolute Gasteiger partial charge is 0.472 e. The topological polar surface area (TPSA) is 167 Å². The Hall–Kier alpha value is 0.0300. The Morgan fingerprint density at radius 2 is 1.65 bits per heavy atom. The van der Waals surface area contributed by atoms with Gasteiger partial charge in [-0.1, -0.05) is 19.5 Å². The Labute approximate surface area is 152 Å². The van der Waals surface area contributed by atoms with Crippen LogP contribution in [0.5, 0.6) is 0 Å². The van der Waals surface area contributed by atoms with Gasteiger partial charge in [0.2, 0.25) is 0 Å². The van der Waals surface area contributed by atoms with E-state index in [1.165, 1.54) is 13.8 Å². The molecule has 0 heterocycles. The van der Waals surface area contributed by atoms with Crippen LogP contribution in [0, 0.1) is 0 Å². The van der Waals surface area contributed by atoms with E-state index in [0.717, 1.165) is 5.65 Å². The van der Waals surface area contributed by atoms with Crippen LogP contribution in [-0.4, -0.2) is 50.2 Å². The molecule has 0 aliphatic heterocycles. The number of rotatable bonds is 14. The number of aliphatic hydroxyl groups is 1. The van der Waals surface area contributed by atoms with Crippen molar-refractivity contribution >= 4 is 15.6 Å². The van der Waals surface area contributed by atoms with Crippen LogP contribution >= 0.6 is 15.6 Å². The lowest BCUT2D eigenvalue weighted by atomic mass is 9.94. The summed E-state index contributed by atoms with van der Waals surface area (Å²) in [4.78, 5) is 27.4. The van der Waals surface area contributed by atoms with E-state index in [-0.39, 0.29) is 19.3 Å². The van der Waals surface area contributed by atoms with Crippen LogP contribution < -0.4 is 11.1 Å². The number of phosphoric acid groups is 2. The van der Waals surface area contributed by atoms with Gasteiger partial charge in [0, 0.05) is 6.42 Å². The molecule has 11 nitrogen and oxygen atoms in total. The molecular weight excluding hydrogens is 397 g/mol. The zero-order valence-electron chi connectivity index (χ0n) is 15.2. The van der Waals surface area contributed by atoms with E-state index in [1.807, 2.05) is 0 Å². The van der Waals surface area contributed by atoms with Crippen molar-refractivity contribution in [2.75, 3.05) is 13.2 Å². The van der Waals surface area contributed by atoms with Gasteiger partial charge in [-0.15, -0.1) is 4.48 Å². The van der Waals surface area contributed by atoms with Crippen molar-refractivity contribution in [3.63, 3.8) is 0 Å². The fourth-order valence-electron chi connectivity index (χ4n) is 2.06. The van der Waals surface area contributed by atoms with Crippen molar-refractivity contribution in [2.45, 2.75) is 64.2 Å². The van der Waals surface area contributed by atoms with Crippen molar-refractivity contribution in [1.82, 2.24) is 11.1 Å². The average molecular weight is 426 g/mol. The summed E-state index contributed by atoms with van der Waals surface area (Å²) in [5.74, 6) is 0. The van der Waals surface area contributed by atoms with E-state index in [2.05, 4.69) is 9.95 Å². The summed E-state index contributed by atoms with van der Waals surface area (Å²) in [5, 5.41) is 9.87. The molecule has 0 aromatic heterocycles. The lowest BCUT2D eigenvalue weighted by Gasteiger charge is -2.34. The highest BCUT2D eigenvalue weighted by molar-refractivity contribution is 7.47. The van der Waals surface area contributed by atoms with Gasteiger partial charge in [0.05, 0.1) is 30.5 Å². The summed E-state index contributed by atoms with van der Waals surface area (Å²) in [7, 11) is -9.30. The molecule has 0 saturated carbocycles. The van der Waals surface area contributed by atoms with E-state index in [4.69, 9.17) is 18.8 Å². The van der Waals surface area contributed by atoms with Gasteiger partial charge in [0.25, 0.3) is 0 Å². The quantitative estimate of drug-likeness (QED) is 0.135. The molecule has 0 saturated heterocycles. The minimum Gasteiger partial charge on any atom is -0.389 e. The third-order valence-electron chi connectivity index (χ3n) is 3.90. The summed E-state index contributed by atoms with van der Waals surface area (Å²) in [6.07, 6.45) is 0.403. The highest BCUT2D eigenvalue weighted by Gasteiger charge is 2.39. The van der Waals surface area contributed by atoms with Crippen LogP contribution in [-0.2, 0) is 22.7 Å². The number of halogens is 1. The number of hydrogen-bond acceptors (Lipinski definition) is 8. The first kappa shape index (κ1) is 26.0. The first-order chi connectivity index (χ1) is 11.7. The second-order valence-electron chi connectivity index (χ2n) is 6.26. The van der Waals surface area contributed by atoms with Crippen LogP contribution in [0.1, 0.15) is 47.0 Å². The molecule has 0 aliphatic rings. The van der Waals surface area contributed by atoms with Crippen LogP contribution in [0.2, 0.25) is 0 Å². The predicted molar refractivity (Wildman–Crippen MR) is 90.3 cm³/mol. The summed E-state index contributed by atoms with van der Waals surface area (Å²) in [6.45, 7) is 5.05. The standard InChI is InChI=1S/C12H29FN2O9P2/c1-5-12(6-2,7-8-22-25(17,18)19)24-26(20,21)23-9-10(14-15-13)11(3,4)16/h10,14-16H,5-9H2,1-4H3,(H,20,21)(H2,17,18,19). The summed E-state index contributed by atoms with van der Waals surface area (Å²) < 4.78 is 49.6. The summed E-state index contributed by atoms with van der Waals surface area (Å²) in [5.41, 5.74) is 0.472. The molecule has 2 atom stereocenters. The number of phosphoric ester groups is 2. The Morgan fingerprint density at radius 1 is 1.12 bits per heavy atom. The van der Waals surface area contributed by atoms with Crippen LogP contribution in [0.15, 0.2) is 0 Å². The average Bonchev–Trinajstić information content (AvgIpc) is 2.47. The molecule has 26 heavy (non-hydrogen) atoms. The summed E-state index contributed by atoms with van der Waals surface area (Å²) in [6, 6.07) is -1.08. The van der Waals surface area contributed by atoms with E-state index in [0.29, 0.717) is 0 Å². The normalized spacial score (nSPS) is 17.1. The van der Waals surface area contributed by atoms with Gasteiger partial charge in [0.1, 0.15) is 0 Å². The Kier molecular flexibility index (Phi) is 10.6. The molecule has 158 valence electrons. The van der Waals surface area contributed by atoms with E-state index in [9.17, 15) is 23.6 Å². The van der Waals surface area contributed by atoms with Crippen molar-refractivity contribution < 1.29 is 47.0 Å². The molecule has 0 amide bonds. The van der Waals surface area contributed by atoms with Gasteiger partial charge in [-0.25, -0.2) is 14.6 Å². The minimum atomic E-state index is -4.67. The fraction of sp³-hybridized carbons (Fsp3) is 1.00. The predicted octanol–water partition coefficient (Wildman–Crippen LogP) is 1.30. The molecule has 0 rings (SSSR count). The van der Waals surface area contributed by atoms with Gasteiger partial charge >= 0.3 is 15.6 Å². The molecule has 14 heteroatoms. The Balaban J connectivity index is 4.96. The molecule has 0 aromatic carbocycles. The number of hydrazine groups is 1. The zero-order chi connectivity index (χ0) is 20.6. The van der Waals surface area contributed by atoms with Crippen molar-refractivity contribution in [1.29, 1.82) is 0 Å². The second-order valence-corrected chi connectivity index (χ2v) is 8.88. The minimum absolute atomic E-state index is 0.0712. The lowest BCUT2D eigenvalue weighted by Crippen LogP contribution is -2.52. The monoisotopic (exact) mass is 426 g/mol. The van der Waals surface area contributed by atoms with Crippen molar-refractivity contribution in [2.24, 2.45) is 0 Å². The molecule has 0 spiro atoms. The van der Waals surface area contributed by atoms with E-state index >= 15 is 0 Å². The van der Waals surface area contributed by atoms with Gasteiger partial charge < -0.3 is 19.8 Å². The van der Waals surface area contributed by atoms with Crippen LogP contribution in [0.3, 0.4) is 0 Å². The van der Waals surface area contributed by atoms with Crippen molar-refractivity contribution in [3.8, 4) is 0 Å². The molecule has 6 N–H and O–H groups in total. The Morgan fingerprint density at radius 3 is 2.04 bits per heavy atom. The number of nitrogens with one attached hydrogen (secondary N) is 2. The molecule has 0 aromatic rings.